The SMILES string of the molecule is C[C@H](CCC(=O)O)[C@H]1[C@H](C)C[C@H]2[C@@H]3CCC4CCCC[C@]4(C)[C@H]3CC[C@]12C. The third-order valence-corrected chi connectivity index (χ3v) is 10.4. The first-order valence-electron chi connectivity index (χ1n) is 12.0. The van der Waals surface area contributed by atoms with E-state index in [1.165, 1.54) is 57.8 Å². The van der Waals surface area contributed by atoms with Crippen molar-refractivity contribution in [3.8, 4) is 0 Å². The van der Waals surface area contributed by atoms with Crippen molar-refractivity contribution in [1.82, 2.24) is 0 Å². The van der Waals surface area contributed by atoms with E-state index in [1.54, 1.807) is 0 Å². The Kier molecular flexibility index (Phi) is 5.17. The minimum atomic E-state index is -0.624. The van der Waals surface area contributed by atoms with Crippen LogP contribution in [0.2, 0.25) is 0 Å². The first-order valence-corrected chi connectivity index (χ1v) is 12.0. The number of carboxylic acid groups (broad SMARTS) is 1. The van der Waals surface area contributed by atoms with Crippen molar-refractivity contribution in [1.29, 1.82) is 0 Å². The van der Waals surface area contributed by atoms with Crippen molar-refractivity contribution in [3.63, 3.8) is 0 Å². The zero-order valence-corrected chi connectivity index (χ0v) is 18.2. The summed E-state index contributed by atoms with van der Waals surface area (Å²) < 4.78 is 0. The molecule has 0 spiro atoms. The van der Waals surface area contributed by atoms with E-state index in [0.29, 0.717) is 23.2 Å². The Labute approximate surface area is 166 Å². The number of hydrogen-bond acceptors (Lipinski definition) is 1. The molecule has 1 unspecified atom stereocenters. The molecule has 0 radical (unpaired) electrons. The Balaban J connectivity index is 1.56. The van der Waals surface area contributed by atoms with Gasteiger partial charge in [0.15, 0.2) is 0 Å². The topological polar surface area (TPSA) is 37.3 Å². The number of rotatable bonds is 4. The molecule has 0 aromatic carbocycles. The molecule has 9 atom stereocenters. The fraction of sp³-hybridized carbons (Fsp3) is 0.960. The molecule has 0 aromatic rings. The van der Waals surface area contributed by atoms with Gasteiger partial charge in [0.1, 0.15) is 0 Å². The van der Waals surface area contributed by atoms with Gasteiger partial charge >= 0.3 is 5.97 Å². The van der Waals surface area contributed by atoms with Crippen LogP contribution in [0.1, 0.15) is 98.3 Å². The number of carboxylic acids is 1. The van der Waals surface area contributed by atoms with Gasteiger partial charge in [-0.25, -0.2) is 0 Å². The fourth-order valence-electron chi connectivity index (χ4n) is 9.44. The molecule has 4 rings (SSSR count). The largest absolute Gasteiger partial charge is 0.481 e. The molecule has 0 heterocycles. The Hall–Kier alpha value is -0.530. The average molecular weight is 375 g/mol. The van der Waals surface area contributed by atoms with Crippen LogP contribution in [0.3, 0.4) is 0 Å². The summed E-state index contributed by atoms with van der Waals surface area (Å²) in [5, 5.41) is 9.16. The van der Waals surface area contributed by atoms with Gasteiger partial charge in [0.05, 0.1) is 0 Å². The molecule has 1 N–H and O–H groups in total. The molecule has 0 amide bonds. The lowest BCUT2D eigenvalue weighted by Crippen LogP contribution is -2.53. The van der Waals surface area contributed by atoms with Gasteiger partial charge in [-0.3, -0.25) is 4.79 Å². The van der Waals surface area contributed by atoms with Crippen LogP contribution in [0.15, 0.2) is 0 Å². The van der Waals surface area contributed by atoms with Crippen LogP contribution in [-0.2, 0) is 4.79 Å². The molecule has 0 aromatic heterocycles. The summed E-state index contributed by atoms with van der Waals surface area (Å²) in [6, 6.07) is 0. The predicted molar refractivity (Wildman–Crippen MR) is 110 cm³/mol. The molecule has 0 bridgehead atoms. The standard InChI is InChI=1S/C25H42O2/c1-16(8-11-22(26)27)23-17(2)15-21-19-10-9-18-7-5-6-13-24(18,3)20(19)12-14-25(21,23)4/h16-21,23H,5-15H2,1-4H3,(H,26,27)/t16-,17-,18?,19-,20+,21+,23+,24+,25+/m1/s1. The highest BCUT2D eigenvalue weighted by Gasteiger charge is 2.61. The normalized spacial score (nSPS) is 50.4. The molecule has 154 valence electrons. The summed E-state index contributed by atoms with van der Waals surface area (Å²) in [5.74, 6) is 5.21. The van der Waals surface area contributed by atoms with Crippen molar-refractivity contribution in [2.24, 2.45) is 52.3 Å². The highest BCUT2D eigenvalue weighted by atomic mass is 16.4. The van der Waals surface area contributed by atoms with E-state index in [4.69, 9.17) is 5.11 Å². The molecular weight excluding hydrogens is 332 g/mol. The third-order valence-electron chi connectivity index (χ3n) is 10.4. The van der Waals surface area contributed by atoms with Crippen LogP contribution >= 0.6 is 0 Å². The van der Waals surface area contributed by atoms with Gasteiger partial charge < -0.3 is 5.11 Å². The summed E-state index contributed by atoms with van der Waals surface area (Å²) in [7, 11) is 0. The summed E-state index contributed by atoms with van der Waals surface area (Å²) in [6.07, 6.45) is 14.3. The monoisotopic (exact) mass is 374 g/mol. The van der Waals surface area contributed by atoms with Crippen molar-refractivity contribution >= 4 is 5.97 Å². The molecule has 4 aliphatic carbocycles. The molecule has 27 heavy (non-hydrogen) atoms. The highest BCUT2D eigenvalue weighted by Crippen LogP contribution is 2.69. The molecule has 4 fully saturated rings. The van der Waals surface area contributed by atoms with E-state index in [0.717, 1.165) is 41.9 Å². The Bertz CT molecular complexity index is 571. The first kappa shape index (κ1) is 19.8. The zero-order chi connectivity index (χ0) is 19.4. The Morgan fingerprint density at radius 1 is 1.04 bits per heavy atom. The summed E-state index contributed by atoms with van der Waals surface area (Å²) in [6.45, 7) is 10.1. The smallest absolute Gasteiger partial charge is 0.303 e. The van der Waals surface area contributed by atoms with Crippen molar-refractivity contribution in [2.45, 2.75) is 98.3 Å². The quantitative estimate of drug-likeness (QED) is 0.588. The second kappa shape index (κ2) is 7.06. The maximum Gasteiger partial charge on any atom is 0.303 e. The molecule has 0 saturated heterocycles. The minimum Gasteiger partial charge on any atom is -0.481 e. The lowest BCUT2D eigenvalue weighted by atomic mass is 9.44. The summed E-state index contributed by atoms with van der Waals surface area (Å²) >= 11 is 0. The van der Waals surface area contributed by atoms with Crippen LogP contribution in [0.25, 0.3) is 0 Å². The minimum absolute atomic E-state index is 0.344. The molecule has 2 nitrogen and oxygen atoms in total. The van der Waals surface area contributed by atoms with Crippen molar-refractivity contribution in [2.75, 3.05) is 0 Å². The fourth-order valence-corrected chi connectivity index (χ4v) is 9.44. The number of aliphatic carboxylic acids is 1. The van der Waals surface area contributed by atoms with E-state index in [2.05, 4.69) is 27.7 Å². The van der Waals surface area contributed by atoms with Gasteiger partial charge in [0.2, 0.25) is 0 Å². The van der Waals surface area contributed by atoms with Gasteiger partial charge in [0, 0.05) is 6.42 Å². The molecule has 4 saturated carbocycles. The van der Waals surface area contributed by atoms with E-state index in [-0.39, 0.29) is 0 Å². The lowest BCUT2D eigenvalue weighted by molar-refractivity contribution is -0.137. The third kappa shape index (κ3) is 3.08. The molecular formula is C25H42O2. The number of hydrogen-bond donors (Lipinski definition) is 1. The van der Waals surface area contributed by atoms with E-state index < -0.39 is 5.97 Å². The molecule has 2 heteroatoms. The van der Waals surface area contributed by atoms with Crippen LogP contribution in [-0.4, -0.2) is 11.1 Å². The Morgan fingerprint density at radius 2 is 1.81 bits per heavy atom. The second-order valence-corrected chi connectivity index (χ2v) is 11.6. The molecule has 0 aliphatic heterocycles. The number of carbonyl (C=O) groups is 1. The van der Waals surface area contributed by atoms with Gasteiger partial charge in [-0.15, -0.1) is 0 Å². The van der Waals surface area contributed by atoms with E-state index in [1.807, 2.05) is 0 Å². The zero-order valence-electron chi connectivity index (χ0n) is 18.2. The summed E-state index contributed by atoms with van der Waals surface area (Å²) in [5.41, 5.74) is 1.08. The van der Waals surface area contributed by atoms with Gasteiger partial charge in [-0.05, 0) is 104 Å². The van der Waals surface area contributed by atoms with Crippen molar-refractivity contribution in [3.05, 3.63) is 0 Å². The lowest BCUT2D eigenvalue weighted by Gasteiger charge is -2.61. The maximum absolute atomic E-state index is 11.1. The van der Waals surface area contributed by atoms with Crippen LogP contribution in [0.4, 0.5) is 0 Å². The highest BCUT2D eigenvalue weighted by molar-refractivity contribution is 5.66. The van der Waals surface area contributed by atoms with Crippen molar-refractivity contribution < 1.29 is 9.90 Å². The maximum atomic E-state index is 11.1. The second-order valence-electron chi connectivity index (χ2n) is 11.6. The van der Waals surface area contributed by atoms with Gasteiger partial charge in [0.25, 0.3) is 0 Å². The Morgan fingerprint density at radius 3 is 2.56 bits per heavy atom. The summed E-state index contributed by atoms with van der Waals surface area (Å²) in [4.78, 5) is 11.1. The van der Waals surface area contributed by atoms with Gasteiger partial charge in [-0.2, -0.15) is 0 Å². The van der Waals surface area contributed by atoms with Crippen LogP contribution in [0, 0.1) is 52.3 Å². The first-order chi connectivity index (χ1) is 12.8. The van der Waals surface area contributed by atoms with Crippen LogP contribution in [0.5, 0.6) is 0 Å². The predicted octanol–water partition coefficient (Wildman–Crippen LogP) is 6.78. The molecule has 4 aliphatic rings. The van der Waals surface area contributed by atoms with E-state index in [9.17, 15) is 4.79 Å². The van der Waals surface area contributed by atoms with Crippen LogP contribution < -0.4 is 0 Å². The van der Waals surface area contributed by atoms with E-state index >= 15 is 0 Å². The number of fused-ring (bicyclic) bond motifs is 5. The average Bonchev–Trinajstić information content (AvgIpc) is 2.89. The van der Waals surface area contributed by atoms with Gasteiger partial charge in [-0.1, -0.05) is 40.5 Å².